The van der Waals surface area contributed by atoms with E-state index in [1.165, 1.54) is 0 Å². The van der Waals surface area contributed by atoms with Crippen molar-refractivity contribution in [1.29, 1.82) is 0 Å². The fourth-order valence-electron chi connectivity index (χ4n) is 3.94. The molecule has 116 valence electrons. The van der Waals surface area contributed by atoms with Crippen LogP contribution in [0.2, 0.25) is 0 Å². The molecule has 0 radical (unpaired) electrons. The molecule has 4 heteroatoms. The zero-order valence-corrected chi connectivity index (χ0v) is 12.9. The maximum Gasteiger partial charge on any atom is 0.307 e. The van der Waals surface area contributed by atoms with Crippen LogP contribution in [0.4, 0.5) is 0 Å². The van der Waals surface area contributed by atoms with Crippen LogP contribution >= 0.6 is 0 Å². The molecular formula is C17H25NO3. The van der Waals surface area contributed by atoms with E-state index in [-0.39, 0.29) is 23.7 Å². The quantitative estimate of drug-likeness (QED) is 0.765. The summed E-state index contributed by atoms with van der Waals surface area (Å²) in [6.45, 7) is 5.11. The smallest absolute Gasteiger partial charge is 0.307 e. The molecule has 1 amide bonds. The second-order valence-corrected chi connectivity index (χ2v) is 7.28. The number of carbonyl (C=O) groups excluding carboxylic acids is 1. The van der Waals surface area contributed by atoms with Gasteiger partial charge >= 0.3 is 5.97 Å². The van der Waals surface area contributed by atoms with Gasteiger partial charge in [-0.05, 0) is 43.4 Å². The maximum absolute atomic E-state index is 13.0. The Hall–Kier alpha value is -1.32. The van der Waals surface area contributed by atoms with Gasteiger partial charge in [0.05, 0.1) is 11.8 Å². The summed E-state index contributed by atoms with van der Waals surface area (Å²) in [6.07, 6.45) is 8.08. The van der Waals surface area contributed by atoms with Crippen molar-refractivity contribution in [3.63, 3.8) is 0 Å². The van der Waals surface area contributed by atoms with Gasteiger partial charge < -0.3 is 10.0 Å². The minimum absolute atomic E-state index is 0.0626. The Labute approximate surface area is 126 Å². The monoisotopic (exact) mass is 291 g/mol. The normalized spacial score (nSPS) is 33.7. The molecule has 3 rings (SSSR count). The van der Waals surface area contributed by atoms with Crippen LogP contribution in [0.15, 0.2) is 12.2 Å². The minimum atomic E-state index is -0.801. The number of amides is 1. The summed E-state index contributed by atoms with van der Waals surface area (Å²) < 4.78 is 0. The molecule has 0 aromatic carbocycles. The zero-order chi connectivity index (χ0) is 15.1. The lowest BCUT2D eigenvalue weighted by Crippen LogP contribution is -2.44. The number of allylic oxidation sites excluding steroid dienone is 2. The van der Waals surface area contributed by atoms with Crippen LogP contribution in [-0.2, 0) is 9.59 Å². The van der Waals surface area contributed by atoms with Gasteiger partial charge in [0.25, 0.3) is 0 Å². The fourth-order valence-corrected chi connectivity index (χ4v) is 3.94. The summed E-state index contributed by atoms with van der Waals surface area (Å²) in [5, 5.41) is 9.50. The average molecular weight is 291 g/mol. The van der Waals surface area contributed by atoms with Gasteiger partial charge in [-0.25, -0.2) is 0 Å². The molecule has 0 aromatic rings. The first-order valence-corrected chi connectivity index (χ1v) is 8.20. The van der Waals surface area contributed by atoms with Crippen LogP contribution in [0.3, 0.4) is 0 Å². The van der Waals surface area contributed by atoms with Crippen LogP contribution in [0, 0.1) is 29.6 Å². The van der Waals surface area contributed by atoms with Gasteiger partial charge in [0, 0.05) is 12.6 Å². The van der Waals surface area contributed by atoms with Crippen LogP contribution in [0.1, 0.15) is 39.5 Å². The molecule has 3 aliphatic rings. The van der Waals surface area contributed by atoms with Crippen molar-refractivity contribution in [3.05, 3.63) is 12.2 Å². The Morgan fingerprint density at radius 1 is 1.19 bits per heavy atom. The van der Waals surface area contributed by atoms with Crippen molar-refractivity contribution in [2.45, 2.75) is 45.6 Å². The van der Waals surface area contributed by atoms with E-state index in [4.69, 9.17) is 0 Å². The highest BCUT2D eigenvalue weighted by Crippen LogP contribution is 2.49. The molecule has 3 aliphatic carbocycles. The molecule has 2 saturated carbocycles. The molecule has 1 N–H and O–H groups in total. The standard InChI is InChI=1S/C17H25NO3/c1-10(2)7-8-18(13-5-6-13)16(19)14-11-3-4-12(9-11)15(14)17(20)21/h3-4,10-15H,5-9H2,1-2H3,(H,20,21)/t11?,12?,14-,15+/m0/s1. The molecule has 0 heterocycles. The lowest BCUT2D eigenvalue weighted by Gasteiger charge is -2.31. The predicted molar refractivity (Wildman–Crippen MR) is 79.5 cm³/mol. The number of rotatable bonds is 6. The van der Waals surface area contributed by atoms with Crippen molar-refractivity contribution >= 4 is 11.9 Å². The molecule has 21 heavy (non-hydrogen) atoms. The Morgan fingerprint density at radius 2 is 1.81 bits per heavy atom. The van der Waals surface area contributed by atoms with Gasteiger partial charge in [-0.15, -0.1) is 0 Å². The van der Waals surface area contributed by atoms with Gasteiger partial charge in [-0.1, -0.05) is 26.0 Å². The van der Waals surface area contributed by atoms with Crippen LogP contribution in [0.5, 0.6) is 0 Å². The number of carbonyl (C=O) groups is 2. The van der Waals surface area contributed by atoms with Gasteiger partial charge in [0.15, 0.2) is 0 Å². The first-order chi connectivity index (χ1) is 9.99. The summed E-state index contributed by atoms with van der Waals surface area (Å²) in [5.74, 6) is -0.768. The number of hydrogen-bond acceptors (Lipinski definition) is 2. The summed E-state index contributed by atoms with van der Waals surface area (Å²) in [5.41, 5.74) is 0. The molecule has 2 bridgehead atoms. The van der Waals surface area contributed by atoms with Crippen molar-refractivity contribution in [1.82, 2.24) is 4.90 Å². The first-order valence-electron chi connectivity index (χ1n) is 8.20. The van der Waals surface area contributed by atoms with E-state index < -0.39 is 11.9 Å². The summed E-state index contributed by atoms with van der Waals surface area (Å²) in [4.78, 5) is 26.5. The SMILES string of the molecule is CC(C)CCN(C(=O)[C@H]1C2C=CC(C2)[C@H]1C(=O)O)C1CC1. The maximum atomic E-state index is 13.0. The number of carboxylic acid groups (broad SMARTS) is 1. The van der Waals surface area contributed by atoms with E-state index in [9.17, 15) is 14.7 Å². The topological polar surface area (TPSA) is 57.6 Å². The number of aliphatic carboxylic acids is 1. The summed E-state index contributed by atoms with van der Waals surface area (Å²) in [7, 11) is 0. The third kappa shape index (κ3) is 2.72. The lowest BCUT2D eigenvalue weighted by atomic mass is 9.82. The van der Waals surface area contributed by atoms with Crippen LogP contribution < -0.4 is 0 Å². The summed E-state index contributed by atoms with van der Waals surface area (Å²) in [6, 6.07) is 0.369. The molecule has 4 nitrogen and oxygen atoms in total. The van der Waals surface area contributed by atoms with E-state index in [0.717, 1.165) is 32.2 Å². The lowest BCUT2D eigenvalue weighted by molar-refractivity contribution is -0.151. The highest BCUT2D eigenvalue weighted by Gasteiger charge is 2.53. The third-order valence-corrected chi connectivity index (χ3v) is 5.25. The molecular weight excluding hydrogens is 266 g/mol. The highest BCUT2D eigenvalue weighted by molar-refractivity contribution is 5.87. The summed E-state index contributed by atoms with van der Waals surface area (Å²) >= 11 is 0. The van der Waals surface area contributed by atoms with Gasteiger partial charge in [0.2, 0.25) is 5.91 Å². The number of carboxylic acids is 1. The van der Waals surface area contributed by atoms with Crippen molar-refractivity contribution in [2.75, 3.05) is 6.54 Å². The fraction of sp³-hybridized carbons (Fsp3) is 0.765. The molecule has 0 spiro atoms. The van der Waals surface area contributed by atoms with E-state index in [1.807, 2.05) is 11.0 Å². The molecule has 4 atom stereocenters. The van der Waals surface area contributed by atoms with E-state index in [1.54, 1.807) is 0 Å². The Morgan fingerprint density at radius 3 is 2.33 bits per heavy atom. The van der Waals surface area contributed by atoms with Gasteiger partial charge in [-0.3, -0.25) is 9.59 Å². The van der Waals surface area contributed by atoms with Crippen molar-refractivity contribution in [2.24, 2.45) is 29.6 Å². The highest BCUT2D eigenvalue weighted by atomic mass is 16.4. The van der Waals surface area contributed by atoms with E-state index in [2.05, 4.69) is 19.9 Å². The molecule has 2 fully saturated rings. The average Bonchev–Trinajstić information content (AvgIpc) is 3.04. The predicted octanol–water partition coefficient (Wildman–Crippen LogP) is 2.55. The molecule has 0 saturated heterocycles. The number of hydrogen-bond donors (Lipinski definition) is 1. The Kier molecular flexibility index (Phi) is 3.80. The van der Waals surface area contributed by atoms with E-state index in [0.29, 0.717) is 12.0 Å². The largest absolute Gasteiger partial charge is 0.481 e. The van der Waals surface area contributed by atoms with Crippen LogP contribution in [0.25, 0.3) is 0 Å². The van der Waals surface area contributed by atoms with Crippen LogP contribution in [-0.4, -0.2) is 34.5 Å². The van der Waals surface area contributed by atoms with Gasteiger partial charge in [0.1, 0.15) is 0 Å². The second-order valence-electron chi connectivity index (χ2n) is 7.28. The molecule has 2 unspecified atom stereocenters. The molecule has 0 aliphatic heterocycles. The minimum Gasteiger partial charge on any atom is -0.481 e. The third-order valence-electron chi connectivity index (χ3n) is 5.25. The zero-order valence-electron chi connectivity index (χ0n) is 12.9. The Balaban J connectivity index is 1.75. The number of nitrogens with zero attached hydrogens (tertiary/aromatic N) is 1. The van der Waals surface area contributed by atoms with Gasteiger partial charge in [-0.2, -0.15) is 0 Å². The van der Waals surface area contributed by atoms with Crippen molar-refractivity contribution in [3.8, 4) is 0 Å². The van der Waals surface area contributed by atoms with Crippen molar-refractivity contribution < 1.29 is 14.7 Å². The number of fused-ring (bicyclic) bond motifs is 2. The Bertz CT molecular complexity index is 467. The second kappa shape index (κ2) is 5.47. The first kappa shape index (κ1) is 14.6. The van der Waals surface area contributed by atoms with E-state index >= 15 is 0 Å². The molecule has 0 aromatic heterocycles.